The summed E-state index contributed by atoms with van der Waals surface area (Å²) in [4.78, 5) is 13.0. The maximum Gasteiger partial charge on any atom is 0.243 e. The van der Waals surface area contributed by atoms with Crippen LogP contribution in [0.3, 0.4) is 0 Å². The Morgan fingerprint density at radius 1 is 1.25 bits per heavy atom. The number of sulfonamides is 1. The molecule has 0 aromatic heterocycles. The first kappa shape index (κ1) is 24.9. The van der Waals surface area contributed by atoms with Gasteiger partial charge in [-0.25, -0.2) is 8.42 Å². The molecule has 3 N–H and O–H groups in total. The van der Waals surface area contributed by atoms with E-state index < -0.39 is 15.6 Å². The minimum atomic E-state index is -3.52. The van der Waals surface area contributed by atoms with Crippen molar-refractivity contribution < 1.29 is 13.2 Å². The molecule has 6 nitrogen and oxygen atoms in total. The third-order valence-electron chi connectivity index (χ3n) is 6.05. The first-order chi connectivity index (χ1) is 12.5. The van der Waals surface area contributed by atoms with Crippen LogP contribution in [0.5, 0.6) is 0 Å². The van der Waals surface area contributed by atoms with E-state index in [1.165, 1.54) is 4.31 Å². The Labute approximate surface area is 175 Å². The van der Waals surface area contributed by atoms with Crippen molar-refractivity contribution in [3.05, 3.63) is 29.3 Å². The van der Waals surface area contributed by atoms with E-state index in [1.807, 2.05) is 40.7 Å². The van der Waals surface area contributed by atoms with Crippen molar-refractivity contribution in [2.45, 2.75) is 57.9 Å². The lowest BCUT2D eigenvalue weighted by atomic mass is 9.87. The zero-order valence-corrected chi connectivity index (χ0v) is 19.1. The van der Waals surface area contributed by atoms with Gasteiger partial charge in [0.05, 0.1) is 10.4 Å². The summed E-state index contributed by atoms with van der Waals surface area (Å²) in [5.74, 6) is 0.0115. The molecule has 1 saturated heterocycles. The summed E-state index contributed by atoms with van der Waals surface area (Å²) in [6.45, 7) is 11.0. The van der Waals surface area contributed by atoms with E-state index in [1.54, 1.807) is 12.1 Å². The zero-order valence-electron chi connectivity index (χ0n) is 17.5. The van der Waals surface area contributed by atoms with Crippen molar-refractivity contribution >= 4 is 28.3 Å². The minimum absolute atomic E-state index is 0. The molecule has 0 spiro atoms. The number of carbonyl (C=O) groups is 1. The highest BCUT2D eigenvalue weighted by molar-refractivity contribution is 7.89. The summed E-state index contributed by atoms with van der Waals surface area (Å²) < 4.78 is 27.3. The van der Waals surface area contributed by atoms with Gasteiger partial charge in [-0.15, -0.1) is 12.4 Å². The van der Waals surface area contributed by atoms with Gasteiger partial charge in [-0.2, -0.15) is 4.31 Å². The van der Waals surface area contributed by atoms with E-state index in [0.29, 0.717) is 37.4 Å². The van der Waals surface area contributed by atoms with Crippen molar-refractivity contribution in [1.82, 2.24) is 9.62 Å². The maximum atomic E-state index is 12.9. The van der Waals surface area contributed by atoms with Crippen molar-refractivity contribution in [1.29, 1.82) is 0 Å². The van der Waals surface area contributed by atoms with Crippen LogP contribution in [0.25, 0.3) is 0 Å². The monoisotopic (exact) mass is 431 g/mol. The Morgan fingerprint density at radius 3 is 2.29 bits per heavy atom. The molecule has 1 atom stereocenters. The fourth-order valence-electron chi connectivity index (χ4n) is 3.20. The lowest BCUT2D eigenvalue weighted by Crippen LogP contribution is -2.57. The molecule has 1 heterocycles. The summed E-state index contributed by atoms with van der Waals surface area (Å²) in [6.07, 6.45) is 1.04. The second kappa shape index (κ2) is 9.57. The van der Waals surface area contributed by atoms with Gasteiger partial charge in [-0.1, -0.05) is 19.9 Å². The number of amides is 1. The quantitative estimate of drug-likeness (QED) is 0.724. The van der Waals surface area contributed by atoms with Crippen molar-refractivity contribution in [3.8, 4) is 0 Å². The molecule has 0 radical (unpaired) electrons. The molecule has 1 aliphatic heterocycles. The Morgan fingerprint density at radius 2 is 1.82 bits per heavy atom. The molecule has 8 heteroatoms. The number of nitrogens with two attached hydrogens (primary N) is 1. The number of halogens is 1. The zero-order chi connectivity index (χ0) is 20.4. The maximum absolute atomic E-state index is 12.9. The first-order valence-electron chi connectivity index (χ1n) is 9.60. The molecule has 1 aromatic carbocycles. The number of hydrogen-bond donors (Lipinski definition) is 2. The Bertz CT molecular complexity index is 790. The topological polar surface area (TPSA) is 92.5 Å². The molecule has 1 unspecified atom stereocenters. The largest absolute Gasteiger partial charge is 0.349 e. The summed E-state index contributed by atoms with van der Waals surface area (Å²) in [6, 6.07) is 5.21. The molecule has 1 aromatic rings. The average Bonchev–Trinajstić information content (AvgIpc) is 2.63. The normalized spacial score (nSPS) is 18.4. The van der Waals surface area contributed by atoms with Gasteiger partial charge in [0.25, 0.3) is 0 Å². The van der Waals surface area contributed by atoms with E-state index in [9.17, 15) is 13.2 Å². The van der Waals surface area contributed by atoms with Crippen LogP contribution in [0.1, 0.15) is 44.7 Å². The van der Waals surface area contributed by atoms with Crippen molar-refractivity contribution in [3.63, 3.8) is 0 Å². The van der Waals surface area contributed by atoms with Gasteiger partial charge >= 0.3 is 0 Å². The second-order valence-corrected chi connectivity index (χ2v) is 10.1. The van der Waals surface area contributed by atoms with Crippen LogP contribution in [0.4, 0.5) is 0 Å². The summed E-state index contributed by atoms with van der Waals surface area (Å²) >= 11 is 0. The van der Waals surface area contributed by atoms with E-state index in [-0.39, 0.29) is 30.2 Å². The average molecular weight is 432 g/mol. The molecule has 28 heavy (non-hydrogen) atoms. The minimum Gasteiger partial charge on any atom is -0.349 e. The van der Waals surface area contributed by atoms with Crippen LogP contribution >= 0.6 is 12.4 Å². The number of aryl methyl sites for hydroxylation is 2. The molecule has 0 aliphatic carbocycles. The summed E-state index contributed by atoms with van der Waals surface area (Å²) in [5.41, 5.74) is 7.43. The fraction of sp³-hybridized carbons (Fsp3) is 0.650. The van der Waals surface area contributed by atoms with Crippen LogP contribution in [-0.4, -0.2) is 43.8 Å². The Kier molecular flexibility index (Phi) is 8.50. The first-order valence-corrected chi connectivity index (χ1v) is 11.0. The molecular weight excluding hydrogens is 398 g/mol. The Hall–Kier alpha value is -1.15. The lowest BCUT2D eigenvalue weighted by molar-refractivity contribution is -0.128. The van der Waals surface area contributed by atoms with Crippen LogP contribution < -0.4 is 11.1 Å². The summed E-state index contributed by atoms with van der Waals surface area (Å²) in [5, 5.41) is 3.08. The van der Waals surface area contributed by atoms with Gasteiger partial charge in [0, 0.05) is 25.6 Å². The van der Waals surface area contributed by atoms with Gasteiger partial charge in [-0.05, 0) is 62.8 Å². The van der Waals surface area contributed by atoms with Crippen LogP contribution in [-0.2, 0) is 14.8 Å². The van der Waals surface area contributed by atoms with Crippen LogP contribution in [0.15, 0.2) is 23.1 Å². The fourth-order valence-corrected chi connectivity index (χ4v) is 4.75. The molecule has 0 bridgehead atoms. The summed E-state index contributed by atoms with van der Waals surface area (Å²) in [7, 11) is -3.52. The third-order valence-corrected chi connectivity index (χ3v) is 7.94. The van der Waals surface area contributed by atoms with Gasteiger partial charge in [-0.3, -0.25) is 4.79 Å². The third kappa shape index (κ3) is 5.26. The second-order valence-electron chi connectivity index (χ2n) is 8.19. The number of rotatable bonds is 6. The van der Waals surface area contributed by atoms with E-state index in [2.05, 4.69) is 5.32 Å². The van der Waals surface area contributed by atoms with Gasteiger partial charge in [0.1, 0.15) is 0 Å². The molecule has 1 amide bonds. The number of benzene rings is 1. The van der Waals surface area contributed by atoms with Crippen LogP contribution in [0, 0.1) is 25.7 Å². The van der Waals surface area contributed by atoms with Gasteiger partial charge in [0.15, 0.2) is 0 Å². The number of hydrogen-bond acceptors (Lipinski definition) is 4. The molecule has 0 saturated carbocycles. The molecule has 1 fully saturated rings. The number of piperidine rings is 1. The molecule has 1 aliphatic rings. The van der Waals surface area contributed by atoms with Crippen molar-refractivity contribution in [2.24, 2.45) is 17.6 Å². The number of carbonyl (C=O) groups excluding carboxylic acids is 1. The van der Waals surface area contributed by atoms with Gasteiger partial charge in [0.2, 0.25) is 15.9 Å². The predicted molar refractivity (Wildman–Crippen MR) is 115 cm³/mol. The lowest BCUT2D eigenvalue weighted by Gasteiger charge is -2.37. The van der Waals surface area contributed by atoms with E-state index >= 15 is 0 Å². The number of nitrogens with one attached hydrogen (secondary N) is 1. The standard InChI is InChI=1S/C20H33N3O3S.ClH/c1-14(2)20(5,13-21)22-19(24)17-8-10-23(11-9-17)27(25,26)18-7-6-15(3)16(4)12-18;/h6-7,12,14,17H,8-11,13,21H2,1-5H3,(H,22,24);1H. The molecular formula is C20H34ClN3O3S. The molecule has 2 rings (SSSR count). The predicted octanol–water partition coefficient (Wildman–Crippen LogP) is 2.62. The highest BCUT2D eigenvalue weighted by Gasteiger charge is 2.35. The smallest absolute Gasteiger partial charge is 0.243 e. The van der Waals surface area contributed by atoms with Gasteiger partial charge < -0.3 is 11.1 Å². The Balaban J connectivity index is 0.00000392. The number of nitrogens with zero attached hydrogens (tertiary/aromatic N) is 1. The SMILES string of the molecule is Cc1ccc(S(=O)(=O)N2CCC(C(=O)NC(C)(CN)C(C)C)CC2)cc1C.Cl. The van der Waals surface area contributed by atoms with Crippen LogP contribution in [0.2, 0.25) is 0 Å². The van der Waals surface area contributed by atoms with E-state index in [4.69, 9.17) is 5.73 Å². The van der Waals surface area contributed by atoms with E-state index in [0.717, 1.165) is 11.1 Å². The van der Waals surface area contributed by atoms with Crippen molar-refractivity contribution in [2.75, 3.05) is 19.6 Å². The highest BCUT2D eigenvalue weighted by Crippen LogP contribution is 2.26. The highest BCUT2D eigenvalue weighted by atomic mass is 35.5. The molecule has 160 valence electrons.